The lowest BCUT2D eigenvalue weighted by atomic mass is 10.2. The second-order valence-electron chi connectivity index (χ2n) is 5.03. The Kier molecular flexibility index (Phi) is 4.25. The molecule has 6 heteroatoms. The molecular weight excluding hydrogens is 294 g/mol. The molecule has 1 heterocycles. The highest BCUT2D eigenvalue weighted by Gasteiger charge is 2.08. The van der Waals surface area contributed by atoms with Gasteiger partial charge in [0.05, 0.1) is 18.1 Å². The summed E-state index contributed by atoms with van der Waals surface area (Å²) in [5.74, 6) is 1.29. The van der Waals surface area contributed by atoms with Gasteiger partial charge in [-0.25, -0.2) is 4.98 Å². The number of nitrogens with zero attached hydrogens (tertiary/aromatic N) is 1. The third-order valence-electron chi connectivity index (χ3n) is 3.42. The molecule has 0 saturated heterocycles. The maximum Gasteiger partial charge on any atom is 0.255 e. The smallest absolute Gasteiger partial charge is 0.255 e. The SMILES string of the molecule is COCc1nc2ccc(NC(=O)c3ccc(OC)cc3)cc2[nH]1. The number of hydrogen-bond acceptors (Lipinski definition) is 4. The standard InChI is InChI=1S/C17H17N3O3/c1-22-10-16-19-14-8-5-12(9-15(14)20-16)18-17(21)11-3-6-13(23-2)7-4-11/h3-9H,10H2,1-2H3,(H,18,21)(H,19,20). The zero-order chi connectivity index (χ0) is 16.2. The summed E-state index contributed by atoms with van der Waals surface area (Å²) >= 11 is 0. The summed E-state index contributed by atoms with van der Waals surface area (Å²) in [6.07, 6.45) is 0. The molecule has 23 heavy (non-hydrogen) atoms. The van der Waals surface area contributed by atoms with Crippen LogP contribution in [0, 0.1) is 0 Å². The van der Waals surface area contributed by atoms with Crippen molar-refractivity contribution in [2.45, 2.75) is 6.61 Å². The molecule has 118 valence electrons. The van der Waals surface area contributed by atoms with Gasteiger partial charge >= 0.3 is 0 Å². The zero-order valence-corrected chi connectivity index (χ0v) is 12.9. The Hall–Kier alpha value is -2.86. The minimum Gasteiger partial charge on any atom is -0.497 e. The highest BCUT2D eigenvalue weighted by Crippen LogP contribution is 2.19. The number of anilines is 1. The summed E-state index contributed by atoms with van der Waals surface area (Å²) < 4.78 is 10.1. The van der Waals surface area contributed by atoms with Crippen molar-refractivity contribution >= 4 is 22.6 Å². The number of carbonyl (C=O) groups is 1. The maximum atomic E-state index is 12.3. The topological polar surface area (TPSA) is 76.2 Å². The molecular formula is C17H17N3O3. The van der Waals surface area contributed by atoms with Gasteiger partial charge < -0.3 is 19.8 Å². The number of carbonyl (C=O) groups excluding carboxylic acids is 1. The summed E-state index contributed by atoms with van der Waals surface area (Å²) in [6, 6.07) is 12.5. The van der Waals surface area contributed by atoms with E-state index >= 15 is 0 Å². The fourth-order valence-corrected chi connectivity index (χ4v) is 2.29. The molecule has 1 amide bonds. The normalized spacial score (nSPS) is 10.7. The molecule has 0 aliphatic carbocycles. The summed E-state index contributed by atoms with van der Waals surface area (Å²) in [5, 5.41) is 2.87. The summed E-state index contributed by atoms with van der Waals surface area (Å²) in [6.45, 7) is 0.419. The van der Waals surface area contributed by atoms with Gasteiger partial charge in [-0.1, -0.05) is 0 Å². The van der Waals surface area contributed by atoms with Crippen molar-refractivity contribution in [2.75, 3.05) is 19.5 Å². The van der Waals surface area contributed by atoms with Crippen molar-refractivity contribution in [2.24, 2.45) is 0 Å². The van der Waals surface area contributed by atoms with Crippen LogP contribution >= 0.6 is 0 Å². The van der Waals surface area contributed by atoms with Crippen LogP contribution in [0.1, 0.15) is 16.2 Å². The first-order valence-electron chi connectivity index (χ1n) is 7.12. The number of imidazole rings is 1. The molecule has 0 aliphatic rings. The highest BCUT2D eigenvalue weighted by atomic mass is 16.5. The lowest BCUT2D eigenvalue weighted by molar-refractivity contribution is 0.102. The van der Waals surface area contributed by atoms with Gasteiger partial charge in [0, 0.05) is 18.4 Å². The van der Waals surface area contributed by atoms with E-state index in [-0.39, 0.29) is 5.91 Å². The first-order chi connectivity index (χ1) is 11.2. The van der Waals surface area contributed by atoms with Gasteiger partial charge in [-0.3, -0.25) is 4.79 Å². The van der Waals surface area contributed by atoms with Gasteiger partial charge in [-0.2, -0.15) is 0 Å². The second kappa shape index (κ2) is 6.50. The van der Waals surface area contributed by atoms with Crippen LogP contribution in [0.3, 0.4) is 0 Å². The van der Waals surface area contributed by atoms with Crippen LogP contribution in [-0.2, 0) is 11.3 Å². The Morgan fingerprint density at radius 1 is 1.17 bits per heavy atom. The third kappa shape index (κ3) is 3.32. The Bertz CT molecular complexity index is 825. The Morgan fingerprint density at radius 2 is 1.96 bits per heavy atom. The van der Waals surface area contributed by atoms with Gasteiger partial charge in [-0.05, 0) is 42.5 Å². The minimum absolute atomic E-state index is 0.177. The Balaban J connectivity index is 1.78. The molecule has 1 aromatic heterocycles. The van der Waals surface area contributed by atoms with Crippen molar-refractivity contribution in [1.29, 1.82) is 0 Å². The molecule has 6 nitrogen and oxygen atoms in total. The number of rotatable bonds is 5. The fourth-order valence-electron chi connectivity index (χ4n) is 2.29. The van der Waals surface area contributed by atoms with E-state index < -0.39 is 0 Å². The molecule has 3 rings (SSSR count). The highest BCUT2D eigenvalue weighted by molar-refractivity contribution is 6.05. The molecule has 2 aromatic carbocycles. The van der Waals surface area contributed by atoms with E-state index in [1.807, 2.05) is 18.2 Å². The van der Waals surface area contributed by atoms with Crippen LogP contribution in [0.5, 0.6) is 5.75 Å². The number of aromatic amines is 1. The van der Waals surface area contributed by atoms with Crippen LogP contribution in [0.2, 0.25) is 0 Å². The summed E-state index contributed by atoms with van der Waals surface area (Å²) in [4.78, 5) is 19.8. The molecule has 0 fully saturated rings. The van der Waals surface area contributed by atoms with E-state index in [4.69, 9.17) is 9.47 Å². The van der Waals surface area contributed by atoms with Crippen LogP contribution < -0.4 is 10.1 Å². The van der Waals surface area contributed by atoms with E-state index in [1.165, 1.54) is 0 Å². The molecule has 0 saturated carbocycles. The number of nitrogens with one attached hydrogen (secondary N) is 2. The zero-order valence-electron chi connectivity index (χ0n) is 12.9. The van der Waals surface area contributed by atoms with Gasteiger partial charge in [0.1, 0.15) is 18.2 Å². The van der Waals surface area contributed by atoms with Gasteiger partial charge in [0.15, 0.2) is 0 Å². The first kappa shape index (κ1) is 15.1. The van der Waals surface area contributed by atoms with Crippen molar-refractivity contribution in [1.82, 2.24) is 9.97 Å². The number of ether oxygens (including phenoxy) is 2. The number of H-pyrrole nitrogens is 1. The monoisotopic (exact) mass is 311 g/mol. The third-order valence-corrected chi connectivity index (χ3v) is 3.42. The van der Waals surface area contributed by atoms with Crippen molar-refractivity contribution in [3.8, 4) is 5.75 Å². The molecule has 3 aromatic rings. The van der Waals surface area contributed by atoms with Crippen LogP contribution in [0.25, 0.3) is 11.0 Å². The molecule has 0 aliphatic heterocycles. The second-order valence-corrected chi connectivity index (χ2v) is 5.03. The molecule has 0 atom stereocenters. The average Bonchev–Trinajstić information content (AvgIpc) is 2.97. The van der Waals surface area contributed by atoms with Crippen molar-refractivity contribution in [3.63, 3.8) is 0 Å². The predicted molar refractivity (Wildman–Crippen MR) is 87.8 cm³/mol. The van der Waals surface area contributed by atoms with E-state index in [9.17, 15) is 4.79 Å². The lowest BCUT2D eigenvalue weighted by Crippen LogP contribution is -2.11. The van der Waals surface area contributed by atoms with Crippen LogP contribution in [0.15, 0.2) is 42.5 Å². The molecule has 2 N–H and O–H groups in total. The maximum absolute atomic E-state index is 12.3. The average molecular weight is 311 g/mol. The number of methoxy groups -OCH3 is 2. The predicted octanol–water partition coefficient (Wildman–Crippen LogP) is 2.97. The van der Waals surface area contributed by atoms with Crippen molar-refractivity contribution in [3.05, 3.63) is 53.9 Å². The van der Waals surface area contributed by atoms with E-state index in [0.29, 0.717) is 23.6 Å². The van der Waals surface area contributed by atoms with Crippen molar-refractivity contribution < 1.29 is 14.3 Å². The number of hydrogen-bond donors (Lipinski definition) is 2. The van der Waals surface area contributed by atoms with Gasteiger partial charge in [0.25, 0.3) is 5.91 Å². The number of fused-ring (bicyclic) bond motifs is 1. The van der Waals surface area contributed by atoms with E-state index in [0.717, 1.165) is 16.9 Å². The van der Waals surface area contributed by atoms with Crippen LogP contribution in [-0.4, -0.2) is 30.1 Å². The fraction of sp³-hybridized carbons (Fsp3) is 0.176. The molecule has 0 bridgehead atoms. The minimum atomic E-state index is -0.177. The summed E-state index contributed by atoms with van der Waals surface area (Å²) in [5.41, 5.74) is 2.95. The van der Waals surface area contributed by atoms with Gasteiger partial charge in [-0.15, -0.1) is 0 Å². The number of benzene rings is 2. The van der Waals surface area contributed by atoms with Crippen LogP contribution in [0.4, 0.5) is 5.69 Å². The Labute approximate surface area is 133 Å². The van der Waals surface area contributed by atoms with E-state index in [1.54, 1.807) is 38.5 Å². The van der Waals surface area contributed by atoms with Gasteiger partial charge in [0.2, 0.25) is 0 Å². The first-order valence-corrected chi connectivity index (χ1v) is 7.12. The van der Waals surface area contributed by atoms with E-state index in [2.05, 4.69) is 15.3 Å². The largest absolute Gasteiger partial charge is 0.497 e. The molecule has 0 radical (unpaired) electrons. The summed E-state index contributed by atoms with van der Waals surface area (Å²) in [7, 11) is 3.21. The number of aromatic nitrogens is 2. The number of amides is 1. The molecule has 0 unspecified atom stereocenters. The Morgan fingerprint density at radius 3 is 2.65 bits per heavy atom. The quantitative estimate of drug-likeness (QED) is 0.759. The molecule has 0 spiro atoms. The lowest BCUT2D eigenvalue weighted by Gasteiger charge is -2.06.